The van der Waals surface area contributed by atoms with Crippen molar-refractivity contribution in [3.63, 3.8) is 0 Å². The van der Waals surface area contributed by atoms with Crippen LogP contribution < -0.4 is 0 Å². The van der Waals surface area contributed by atoms with Crippen LogP contribution in [0.15, 0.2) is 47.1 Å². The zero-order chi connectivity index (χ0) is 18.0. The quantitative estimate of drug-likeness (QED) is 0.787. The SMILES string of the molecule is O=C1CN=CN2CC(n3c4c(c5ccccc53)CN3CCC4CC3)=CC=C12. The molecule has 2 aromatic rings. The van der Waals surface area contributed by atoms with Crippen LogP contribution in [0.5, 0.6) is 0 Å². The van der Waals surface area contributed by atoms with E-state index in [1.165, 1.54) is 53.8 Å². The number of fused-ring (bicyclic) bond motifs is 4. The van der Waals surface area contributed by atoms with Gasteiger partial charge in [0.05, 0.1) is 24.1 Å². The second kappa shape index (κ2) is 5.67. The van der Waals surface area contributed by atoms with Crippen molar-refractivity contribution in [2.75, 3.05) is 26.2 Å². The lowest BCUT2D eigenvalue weighted by Crippen LogP contribution is -2.35. The highest BCUT2D eigenvalue weighted by molar-refractivity contribution is 6.02. The first-order valence-corrected chi connectivity index (χ1v) is 9.85. The van der Waals surface area contributed by atoms with E-state index in [0.29, 0.717) is 12.5 Å². The number of aliphatic imine (C=N–C) groups is 1. The Morgan fingerprint density at radius 2 is 1.89 bits per heavy atom. The fourth-order valence-corrected chi connectivity index (χ4v) is 5.21. The van der Waals surface area contributed by atoms with Gasteiger partial charge in [0.15, 0.2) is 0 Å². The zero-order valence-corrected chi connectivity index (χ0v) is 15.3. The molecule has 1 aromatic heterocycles. The van der Waals surface area contributed by atoms with Crippen LogP contribution in [0, 0.1) is 0 Å². The number of Topliss-reactive ketones (excluding diaryl/α,β-unsaturated/α-hetero) is 1. The Bertz CT molecular complexity index is 1050. The molecule has 0 saturated carbocycles. The van der Waals surface area contributed by atoms with Crippen molar-refractivity contribution < 1.29 is 4.79 Å². The number of ketones is 1. The summed E-state index contributed by atoms with van der Waals surface area (Å²) in [6.45, 7) is 4.42. The van der Waals surface area contributed by atoms with Gasteiger partial charge in [0.1, 0.15) is 6.54 Å². The van der Waals surface area contributed by atoms with E-state index in [4.69, 9.17) is 0 Å². The molecule has 1 saturated heterocycles. The number of piperidine rings is 1. The molecule has 136 valence electrons. The van der Waals surface area contributed by atoms with E-state index < -0.39 is 0 Å². The Kier molecular flexibility index (Phi) is 3.23. The first-order valence-electron chi connectivity index (χ1n) is 9.85. The Morgan fingerprint density at radius 3 is 2.78 bits per heavy atom. The summed E-state index contributed by atoms with van der Waals surface area (Å²) in [5.41, 5.74) is 6.30. The van der Waals surface area contributed by atoms with Crippen molar-refractivity contribution >= 4 is 28.7 Å². The lowest BCUT2D eigenvalue weighted by atomic mass is 9.93. The van der Waals surface area contributed by atoms with Crippen molar-refractivity contribution in [1.29, 1.82) is 0 Å². The fourth-order valence-electron chi connectivity index (χ4n) is 5.21. The van der Waals surface area contributed by atoms with Crippen LogP contribution in [-0.4, -0.2) is 52.7 Å². The number of para-hydroxylation sites is 1. The number of hydrogen-bond donors (Lipinski definition) is 0. The monoisotopic (exact) mass is 358 g/mol. The predicted molar refractivity (Wildman–Crippen MR) is 107 cm³/mol. The molecule has 0 aliphatic carbocycles. The summed E-state index contributed by atoms with van der Waals surface area (Å²) >= 11 is 0. The molecule has 0 radical (unpaired) electrons. The topological polar surface area (TPSA) is 40.8 Å². The van der Waals surface area contributed by atoms with Crippen LogP contribution in [0.4, 0.5) is 0 Å². The average molecular weight is 358 g/mol. The second-order valence-corrected chi connectivity index (χ2v) is 7.98. The Hall–Kier alpha value is -2.66. The van der Waals surface area contributed by atoms with Gasteiger partial charge in [-0.3, -0.25) is 14.7 Å². The maximum Gasteiger partial charge on any atom is 0.200 e. The summed E-state index contributed by atoms with van der Waals surface area (Å²) in [6, 6.07) is 8.79. The summed E-state index contributed by atoms with van der Waals surface area (Å²) in [6.07, 6.45) is 8.42. The van der Waals surface area contributed by atoms with E-state index in [1.807, 2.05) is 17.3 Å². The highest BCUT2D eigenvalue weighted by atomic mass is 16.1. The average Bonchev–Trinajstić information content (AvgIpc) is 2.81. The molecule has 1 aromatic carbocycles. The molecule has 27 heavy (non-hydrogen) atoms. The van der Waals surface area contributed by atoms with Gasteiger partial charge < -0.3 is 9.47 Å². The molecule has 0 N–H and O–H groups in total. The molecule has 0 unspecified atom stereocenters. The maximum atomic E-state index is 12.2. The molecular formula is C22H22N4O. The lowest BCUT2D eigenvalue weighted by molar-refractivity contribution is -0.115. The summed E-state index contributed by atoms with van der Waals surface area (Å²) in [5.74, 6) is 0.726. The normalized spacial score (nSPS) is 26.5. The molecule has 5 nitrogen and oxygen atoms in total. The molecule has 5 heteroatoms. The van der Waals surface area contributed by atoms with Gasteiger partial charge in [0.25, 0.3) is 0 Å². The maximum absolute atomic E-state index is 12.2. The van der Waals surface area contributed by atoms with E-state index in [0.717, 1.165) is 12.2 Å². The molecular weight excluding hydrogens is 336 g/mol. The Labute approximate surface area is 158 Å². The van der Waals surface area contributed by atoms with Gasteiger partial charge in [0, 0.05) is 29.2 Å². The van der Waals surface area contributed by atoms with Gasteiger partial charge in [-0.05, 0) is 49.7 Å². The van der Waals surface area contributed by atoms with Crippen LogP contribution in [0.1, 0.15) is 30.0 Å². The number of nitrogens with zero attached hydrogens (tertiary/aromatic N) is 4. The minimum Gasteiger partial charge on any atom is -0.324 e. The van der Waals surface area contributed by atoms with Gasteiger partial charge in [-0.15, -0.1) is 0 Å². The molecule has 0 amide bonds. The summed E-state index contributed by atoms with van der Waals surface area (Å²) in [5, 5.41) is 1.38. The fraction of sp³-hybridized carbons (Fsp3) is 0.364. The van der Waals surface area contributed by atoms with Gasteiger partial charge in [-0.25, -0.2) is 0 Å². The van der Waals surface area contributed by atoms with E-state index in [1.54, 1.807) is 0 Å². The van der Waals surface area contributed by atoms with E-state index in [-0.39, 0.29) is 12.3 Å². The standard InChI is InChI=1S/C22H22N4O/c27-21-11-23-14-25-12-16(5-6-20(21)25)26-19-4-2-1-3-17(19)18-13-24-9-7-15(8-10-24)22(18)26/h1-6,14-15H,7-13H2. The van der Waals surface area contributed by atoms with E-state index in [2.05, 4.69) is 44.8 Å². The summed E-state index contributed by atoms with van der Waals surface area (Å²) in [4.78, 5) is 21.0. The number of rotatable bonds is 1. The molecule has 5 aliphatic heterocycles. The summed E-state index contributed by atoms with van der Waals surface area (Å²) < 4.78 is 2.49. The minimum absolute atomic E-state index is 0.107. The minimum atomic E-state index is 0.107. The first kappa shape index (κ1) is 15.4. The lowest BCUT2D eigenvalue weighted by Gasteiger charge is -2.31. The van der Waals surface area contributed by atoms with Crippen LogP contribution in [0.3, 0.4) is 0 Å². The van der Waals surface area contributed by atoms with Gasteiger partial charge >= 0.3 is 0 Å². The second-order valence-electron chi connectivity index (χ2n) is 7.98. The van der Waals surface area contributed by atoms with Crippen molar-refractivity contribution in [3.8, 4) is 0 Å². The van der Waals surface area contributed by atoms with Crippen molar-refractivity contribution in [3.05, 3.63) is 53.4 Å². The Morgan fingerprint density at radius 1 is 1.04 bits per heavy atom. The van der Waals surface area contributed by atoms with Crippen molar-refractivity contribution in [1.82, 2.24) is 14.4 Å². The molecule has 7 rings (SSSR count). The first-order chi connectivity index (χ1) is 13.3. The number of aromatic nitrogens is 1. The number of benzene rings is 1. The van der Waals surface area contributed by atoms with Gasteiger partial charge in [-0.2, -0.15) is 0 Å². The highest BCUT2D eigenvalue weighted by Gasteiger charge is 2.34. The number of hydrogen-bond acceptors (Lipinski definition) is 4. The predicted octanol–water partition coefficient (Wildman–Crippen LogP) is 2.99. The molecule has 0 atom stereocenters. The summed E-state index contributed by atoms with van der Waals surface area (Å²) in [7, 11) is 0. The number of allylic oxidation sites excluding steroid dienone is 2. The molecule has 5 aliphatic rings. The van der Waals surface area contributed by atoms with Crippen LogP contribution in [0.2, 0.25) is 0 Å². The zero-order valence-electron chi connectivity index (χ0n) is 15.3. The van der Waals surface area contributed by atoms with Gasteiger partial charge in [-0.1, -0.05) is 18.2 Å². The third-order valence-electron chi connectivity index (χ3n) is 6.48. The third kappa shape index (κ3) is 2.21. The van der Waals surface area contributed by atoms with E-state index >= 15 is 0 Å². The number of carbonyl (C=O) groups is 1. The third-order valence-corrected chi connectivity index (χ3v) is 6.48. The Balaban J connectivity index is 1.58. The highest BCUT2D eigenvalue weighted by Crippen LogP contribution is 2.42. The number of carbonyl (C=O) groups excluding carboxylic acids is 1. The molecule has 6 heterocycles. The van der Waals surface area contributed by atoms with Crippen LogP contribution in [0.25, 0.3) is 16.6 Å². The molecule has 2 bridgehead atoms. The van der Waals surface area contributed by atoms with Gasteiger partial charge in [0.2, 0.25) is 5.78 Å². The van der Waals surface area contributed by atoms with Crippen LogP contribution in [-0.2, 0) is 11.3 Å². The van der Waals surface area contributed by atoms with Crippen LogP contribution >= 0.6 is 0 Å². The molecule has 0 spiro atoms. The van der Waals surface area contributed by atoms with Crippen molar-refractivity contribution in [2.45, 2.75) is 25.3 Å². The van der Waals surface area contributed by atoms with E-state index in [9.17, 15) is 4.79 Å². The molecule has 1 fully saturated rings. The smallest absolute Gasteiger partial charge is 0.200 e. The van der Waals surface area contributed by atoms with Crippen molar-refractivity contribution in [2.24, 2.45) is 4.99 Å². The largest absolute Gasteiger partial charge is 0.324 e.